The molecule has 0 unspecified atom stereocenters. The Morgan fingerprint density at radius 1 is 0.200 bits per heavy atom. The number of rotatable bonds is 28. The minimum absolute atomic E-state index is 0.0807. The van der Waals surface area contributed by atoms with Gasteiger partial charge in [-0.3, -0.25) is 0 Å². The molecule has 50 heavy (non-hydrogen) atoms. The van der Waals surface area contributed by atoms with Gasteiger partial charge in [-0.15, -0.1) is 0 Å². The predicted molar refractivity (Wildman–Crippen MR) is 182 cm³/mol. The van der Waals surface area contributed by atoms with E-state index in [1.165, 1.54) is 0 Å². The van der Waals surface area contributed by atoms with Gasteiger partial charge in [0.05, 0.1) is 26.4 Å². The van der Waals surface area contributed by atoms with Gasteiger partial charge in [0.25, 0.3) is 0 Å². The molecule has 0 fully saturated rings. The van der Waals surface area contributed by atoms with Gasteiger partial charge in [0, 0.05) is 0 Å². The first-order valence-corrected chi connectivity index (χ1v) is 16.0. The lowest BCUT2D eigenvalue weighted by Gasteiger charge is -2.08. The van der Waals surface area contributed by atoms with Crippen molar-refractivity contribution in [3.8, 4) is 0 Å². The highest BCUT2D eigenvalue weighted by atomic mass is 16.8. The molecule has 12 nitrogen and oxygen atoms in total. The first-order chi connectivity index (χ1) is 24.9. The maximum atomic E-state index is 5.34. The van der Waals surface area contributed by atoms with Crippen LogP contribution in [0.3, 0.4) is 0 Å². The lowest BCUT2D eigenvalue weighted by Crippen LogP contribution is -2.10. The van der Waals surface area contributed by atoms with E-state index >= 15 is 0 Å². The summed E-state index contributed by atoms with van der Waals surface area (Å²) in [5.74, 6) is 0. The molecule has 12 heteroatoms. The van der Waals surface area contributed by atoms with Gasteiger partial charge in [-0.1, -0.05) is 121 Å². The van der Waals surface area contributed by atoms with E-state index in [2.05, 4.69) is 0 Å². The van der Waals surface area contributed by atoms with Crippen LogP contribution >= 0.6 is 0 Å². The van der Waals surface area contributed by atoms with Gasteiger partial charge in [0.1, 0.15) is 27.2 Å². The molecule has 0 bridgehead atoms. The molecule has 0 heterocycles. The van der Waals surface area contributed by atoms with E-state index in [4.69, 9.17) is 56.8 Å². The van der Waals surface area contributed by atoms with Gasteiger partial charge in [-0.25, -0.2) is 0 Å². The van der Waals surface area contributed by atoms with Crippen molar-refractivity contribution in [2.75, 3.05) is 67.9 Å². The second-order valence-electron chi connectivity index (χ2n) is 10.1. The minimum Gasteiger partial charge on any atom is -0.351 e. The molecular formula is C38H48O12. The average Bonchev–Trinajstić information content (AvgIpc) is 3.17. The second kappa shape index (κ2) is 30.2. The zero-order valence-electron chi connectivity index (χ0n) is 28.3. The van der Waals surface area contributed by atoms with Crippen LogP contribution in [0.5, 0.6) is 0 Å². The molecule has 0 aliphatic rings. The normalized spacial score (nSPS) is 10.9. The fourth-order valence-corrected chi connectivity index (χ4v) is 3.80. The third kappa shape index (κ3) is 22.9. The van der Waals surface area contributed by atoms with Crippen molar-refractivity contribution in [2.24, 2.45) is 0 Å². The Labute approximate surface area is 294 Å². The largest absolute Gasteiger partial charge is 0.351 e. The SMILES string of the molecule is c1ccc(COCOCOCOCOCOCc2ccccc2)cc1.c1ccc(COCOCOCOCOCOCc2ccccc2)cc1. The molecule has 272 valence electrons. The van der Waals surface area contributed by atoms with Crippen LogP contribution in [0.1, 0.15) is 22.3 Å². The van der Waals surface area contributed by atoms with Gasteiger partial charge >= 0.3 is 0 Å². The summed E-state index contributed by atoms with van der Waals surface area (Å²) in [5.41, 5.74) is 4.40. The summed E-state index contributed by atoms with van der Waals surface area (Å²) in [7, 11) is 0. The van der Waals surface area contributed by atoms with Gasteiger partial charge in [0.2, 0.25) is 0 Å². The van der Waals surface area contributed by atoms with E-state index in [9.17, 15) is 0 Å². The first kappa shape index (κ1) is 40.8. The standard InChI is InChI=1S/2C19H24O6/c2*1-3-7-18(8-4-1)11-20-13-22-15-24-17-25-16-23-14-21-12-19-9-5-2-6-10-19/h2*1-10H,11-17H2. The lowest BCUT2D eigenvalue weighted by atomic mass is 10.2. The molecule has 4 aromatic carbocycles. The van der Waals surface area contributed by atoms with E-state index in [0.29, 0.717) is 26.4 Å². The van der Waals surface area contributed by atoms with Crippen LogP contribution in [-0.2, 0) is 83.3 Å². The first-order valence-electron chi connectivity index (χ1n) is 16.0. The molecular weight excluding hydrogens is 648 g/mol. The topological polar surface area (TPSA) is 111 Å². The molecule has 0 radical (unpaired) electrons. The van der Waals surface area contributed by atoms with E-state index < -0.39 is 0 Å². The van der Waals surface area contributed by atoms with E-state index in [-0.39, 0.29) is 67.9 Å². The summed E-state index contributed by atoms with van der Waals surface area (Å²) in [5, 5.41) is 0. The van der Waals surface area contributed by atoms with Crippen LogP contribution in [0.25, 0.3) is 0 Å². The van der Waals surface area contributed by atoms with Gasteiger partial charge in [-0.05, 0) is 22.3 Å². The van der Waals surface area contributed by atoms with Crippen LogP contribution in [0.15, 0.2) is 121 Å². The Morgan fingerprint density at radius 3 is 0.540 bits per heavy atom. The van der Waals surface area contributed by atoms with E-state index in [1.54, 1.807) is 0 Å². The molecule has 0 saturated carbocycles. The van der Waals surface area contributed by atoms with Crippen LogP contribution < -0.4 is 0 Å². The Kier molecular flexibility index (Phi) is 24.7. The van der Waals surface area contributed by atoms with Crippen molar-refractivity contribution >= 4 is 0 Å². The minimum atomic E-state index is 0.0807. The third-order valence-electron chi connectivity index (χ3n) is 6.11. The van der Waals surface area contributed by atoms with Crippen molar-refractivity contribution in [3.05, 3.63) is 144 Å². The van der Waals surface area contributed by atoms with Crippen LogP contribution in [0.2, 0.25) is 0 Å². The van der Waals surface area contributed by atoms with Crippen molar-refractivity contribution in [1.82, 2.24) is 0 Å². The number of benzene rings is 4. The summed E-state index contributed by atoms with van der Waals surface area (Å²) in [6.45, 7) is 3.24. The van der Waals surface area contributed by atoms with Crippen molar-refractivity contribution in [3.63, 3.8) is 0 Å². The Bertz CT molecular complexity index is 1070. The van der Waals surface area contributed by atoms with Crippen LogP contribution in [0, 0.1) is 0 Å². The highest BCUT2D eigenvalue weighted by molar-refractivity contribution is 5.15. The molecule has 4 rings (SSSR count). The molecule has 0 aliphatic heterocycles. The monoisotopic (exact) mass is 696 g/mol. The summed E-state index contributed by atoms with van der Waals surface area (Å²) < 4.78 is 62.5. The fourth-order valence-electron chi connectivity index (χ4n) is 3.80. The van der Waals surface area contributed by atoms with Crippen molar-refractivity contribution < 1.29 is 56.8 Å². The highest BCUT2D eigenvalue weighted by Gasteiger charge is 1.96. The number of hydrogen-bond donors (Lipinski definition) is 0. The third-order valence-corrected chi connectivity index (χ3v) is 6.11. The molecule has 0 spiro atoms. The van der Waals surface area contributed by atoms with Gasteiger partial charge in [0.15, 0.2) is 40.8 Å². The van der Waals surface area contributed by atoms with E-state index in [0.717, 1.165) is 22.3 Å². The number of hydrogen-bond acceptors (Lipinski definition) is 12. The Balaban J connectivity index is 0.000000270. The molecule has 0 amide bonds. The second-order valence-corrected chi connectivity index (χ2v) is 10.1. The average molecular weight is 697 g/mol. The zero-order chi connectivity index (χ0) is 34.8. The van der Waals surface area contributed by atoms with Crippen LogP contribution in [-0.4, -0.2) is 67.9 Å². The number of ether oxygens (including phenoxy) is 12. The molecule has 0 N–H and O–H groups in total. The molecule has 0 saturated heterocycles. The maximum absolute atomic E-state index is 5.34. The Morgan fingerprint density at radius 2 is 0.360 bits per heavy atom. The molecule has 0 aromatic heterocycles. The smallest absolute Gasteiger partial charge is 0.152 e. The van der Waals surface area contributed by atoms with E-state index in [1.807, 2.05) is 121 Å². The fraction of sp³-hybridized carbons (Fsp3) is 0.368. The summed E-state index contributed by atoms with van der Waals surface area (Å²) in [6, 6.07) is 39.5. The van der Waals surface area contributed by atoms with Crippen molar-refractivity contribution in [1.29, 1.82) is 0 Å². The summed E-state index contributed by atoms with van der Waals surface area (Å²) in [6.07, 6.45) is 0. The molecule has 0 atom stereocenters. The lowest BCUT2D eigenvalue weighted by molar-refractivity contribution is -0.208. The predicted octanol–water partition coefficient (Wildman–Crippen LogP) is 6.55. The molecule has 0 aliphatic carbocycles. The summed E-state index contributed by atoms with van der Waals surface area (Å²) >= 11 is 0. The quantitative estimate of drug-likeness (QED) is 0.0475. The Hall–Kier alpha value is -3.60. The van der Waals surface area contributed by atoms with Gasteiger partial charge < -0.3 is 56.8 Å². The summed E-state index contributed by atoms with van der Waals surface area (Å²) in [4.78, 5) is 0. The zero-order valence-corrected chi connectivity index (χ0v) is 28.3. The van der Waals surface area contributed by atoms with Gasteiger partial charge in [-0.2, -0.15) is 0 Å². The van der Waals surface area contributed by atoms with Crippen LogP contribution in [0.4, 0.5) is 0 Å². The maximum Gasteiger partial charge on any atom is 0.152 e. The van der Waals surface area contributed by atoms with Crippen molar-refractivity contribution in [2.45, 2.75) is 26.4 Å². The highest BCUT2D eigenvalue weighted by Crippen LogP contribution is 2.03. The molecule has 4 aromatic rings.